The Labute approximate surface area is 179 Å². The van der Waals surface area contributed by atoms with Crippen molar-refractivity contribution in [1.82, 2.24) is 9.88 Å². The van der Waals surface area contributed by atoms with E-state index in [1.165, 1.54) is 0 Å². The minimum atomic E-state index is -0.158. The molecule has 1 N–H and O–H groups in total. The summed E-state index contributed by atoms with van der Waals surface area (Å²) in [5.74, 6) is -0.130. The third-order valence-electron chi connectivity index (χ3n) is 5.07. The van der Waals surface area contributed by atoms with Gasteiger partial charge in [0.1, 0.15) is 0 Å². The second-order valence-electron chi connectivity index (χ2n) is 7.00. The quantitative estimate of drug-likeness (QED) is 0.696. The van der Waals surface area contributed by atoms with E-state index in [0.717, 1.165) is 23.9 Å². The van der Waals surface area contributed by atoms with E-state index in [2.05, 4.69) is 15.2 Å². The lowest BCUT2D eigenvalue weighted by Gasteiger charge is -2.34. The molecule has 8 heteroatoms. The zero-order valence-corrected chi connectivity index (χ0v) is 17.5. The maximum Gasteiger partial charge on any atom is 0.321 e. The van der Waals surface area contributed by atoms with Gasteiger partial charge in [-0.1, -0.05) is 24.3 Å². The summed E-state index contributed by atoms with van der Waals surface area (Å²) in [6, 6.07) is 16.3. The van der Waals surface area contributed by atoms with Gasteiger partial charge in [0.25, 0.3) is 5.91 Å². The second-order valence-corrected chi connectivity index (χ2v) is 7.87. The summed E-state index contributed by atoms with van der Waals surface area (Å²) in [7, 11) is 1.74. The topological polar surface area (TPSA) is 68.8 Å². The number of aromatic nitrogens is 1. The molecule has 0 bridgehead atoms. The van der Waals surface area contributed by atoms with Crippen LogP contribution in [-0.4, -0.2) is 55.0 Å². The number of urea groups is 1. The fourth-order valence-corrected chi connectivity index (χ4v) is 4.06. The Morgan fingerprint density at radius 1 is 1.03 bits per heavy atom. The predicted octanol–water partition coefficient (Wildman–Crippen LogP) is 3.77. The summed E-state index contributed by atoms with van der Waals surface area (Å²) in [5.41, 5.74) is 1.94. The van der Waals surface area contributed by atoms with E-state index >= 15 is 0 Å². The highest BCUT2D eigenvalue weighted by Gasteiger charge is 2.22. The predicted molar refractivity (Wildman–Crippen MR) is 121 cm³/mol. The van der Waals surface area contributed by atoms with Crippen LogP contribution in [0.3, 0.4) is 0 Å². The monoisotopic (exact) mass is 421 g/mol. The summed E-state index contributed by atoms with van der Waals surface area (Å²) in [6.07, 6.45) is 1.79. The van der Waals surface area contributed by atoms with Crippen LogP contribution in [0.25, 0.3) is 0 Å². The lowest BCUT2D eigenvalue weighted by Crippen LogP contribution is -2.50. The van der Waals surface area contributed by atoms with Crippen molar-refractivity contribution in [3.63, 3.8) is 0 Å². The number of hydrogen-bond donors (Lipinski definition) is 1. The summed E-state index contributed by atoms with van der Waals surface area (Å²) < 4.78 is 0. The molecular weight excluding hydrogens is 398 g/mol. The molecule has 2 heterocycles. The fourth-order valence-electron chi connectivity index (χ4n) is 3.37. The molecule has 0 spiro atoms. The molecule has 3 amide bonds. The van der Waals surface area contributed by atoms with Crippen LogP contribution in [0.15, 0.2) is 66.2 Å². The standard InChI is InChI=1S/C22H23N5O2S/c1-25(19-8-3-2-4-9-19)20(28)17-6-5-7-18(16-17)24-21(29)26-11-13-27(14-12-26)22-23-10-15-30-22/h2-10,15-16H,11-14H2,1H3,(H,24,29). The Kier molecular flexibility index (Phi) is 5.94. The Hall–Kier alpha value is -3.39. The number of anilines is 3. The average Bonchev–Trinajstić information content (AvgIpc) is 3.34. The number of carbonyl (C=O) groups is 2. The maximum atomic E-state index is 12.8. The van der Waals surface area contributed by atoms with Gasteiger partial charge in [-0.2, -0.15) is 0 Å². The van der Waals surface area contributed by atoms with Crippen molar-refractivity contribution in [2.24, 2.45) is 0 Å². The molecule has 7 nitrogen and oxygen atoms in total. The highest BCUT2D eigenvalue weighted by Crippen LogP contribution is 2.20. The second kappa shape index (κ2) is 8.96. The van der Waals surface area contributed by atoms with Gasteiger partial charge in [0, 0.05) is 61.7 Å². The van der Waals surface area contributed by atoms with Crippen LogP contribution < -0.4 is 15.1 Å². The number of rotatable bonds is 4. The number of amides is 3. The molecule has 2 aromatic carbocycles. The van der Waals surface area contributed by atoms with Crippen LogP contribution >= 0.6 is 11.3 Å². The summed E-state index contributed by atoms with van der Waals surface area (Å²) in [5, 5.41) is 5.87. The summed E-state index contributed by atoms with van der Waals surface area (Å²) in [6.45, 7) is 2.75. The van der Waals surface area contributed by atoms with Crippen molar-refractivity contribution in [3.8, 4) is 0 Å². The summed E-state index contributed by atoms with van der Waals surface area (Å²) in [4.78, 5) is 35.4. The molecule has 3 aromatic rings. The number of hydrogen-bond acceptors (Lipinski definition) is 5. The number of thiazole rings is 1. The Bertz CT molecular complexity index is 1000. The molecule has 4 rings (SSSR count). The SMILES string of the molecule is CN(C(=O)c1cccc(NC(=O)N2CCN(c3nccs3)CC2)c1)c1ccccc1. The number of nitrogens with zero attached hydrogens (tertiary/aromatic N) is 4. The Balaban J connectivity index is 1.37. The Morgan fingerprint density at radius 3 is 2.50 bits per heavy atom. The van der Waals surface area contributed by atoms with Crippen molar-refractivity contribution in [1.29, 1.82) is 0 Å². The van der Waals surface area contributed by atoms with Gasteiger partial charge in [-0.15, -0.1) is 11.3 Å². The molecule has 0 saturated carbocycles. The third kappa shape index (κ3) is 4.44. The number of nitrogens with one attached hydrogen (secondary N) is 1. The van der Waals surface area contributed by atoms with Crippen molar-refractivity contribution < 1.29 is 9.59 Å². The zero-order chi connectivity index (χ0) is 20.9. The van der Waals surface area contributed by atoms with Crippen LogP contribution in [0.2, 0.25) is 0 Å². The highest BCUT2D eigenvalue weighted by atomic mass is 32.1. The molecule has 154 valence electrons. The molecule has 0 aliphatic carbocycles. The zero-order valence-electron chi connectivity index (χ0n) is 16.7. The van der Waals surface area contributed by atoms with Crippen LogP contribution in [0, 0.1) is 0 Å². The molecule has 0 radical (unpaired) electrons. The molecular formula is C22H23N5O2S. The van der Waals surface area contributed by atoms with E-state index in [9.17, 15) is 9.59 Å². The molecule has 1 aliphatic heterocycles. The lowest BCUT2D eigenvalue weighted by molar-refractivity contribution is 0.0993. The smallest absolute Gasteiger partial charge is 0.321 e. The molecule has 1 saturated heterocycles. The van der Waals surface area contributed by atoms with E-state index in [4.69, 9.17) is 0 Å². The first kappa shape index (κ1) is 19.9. The third-order valence-corrected chi connectivity index (χ3v) is 5.90. The normalized spacial score (nSPS) is 13.8. The molecule has 30 heavy (non-hydrogen) atoms. The van der Waals surface area contributed by atoms with Crippen molar-refractivity contribution in [2.75, 3.05) is 48.3 Å². The number of carbonyl (C=O) groups excluding carboxylic acids is 2. The van der Waals surface area contributed by atoms with Gasteiger partial charge in [-0.05, 0) is 30.3 Å². The largest absolute Gasteiger partial charge is 0.345 e. The van der Waals surface area contributed by atoms with Crippen molar-refractivity contribution in [3.05, 3.63) is 71.7 Å². The highest BCUT2D eigenvalue weighted by molar-refractivity contribution is 7.13. The van der Waals surface area contributed by atoms with Crippen LogP contribution in [0.4, 0.5) is 21.3 Å². The first-order valence-corrected chi connectivity index (χ1v) is 10.6. The van der Waals surface area contributed by atoms with Crippen LogP contribution in [0.1, 0.15) is 10.4 Å². The first-order chi connectivity index (χ1) is 14.6. The van der Waals surface area contributed by atoms with E-state index in [1.807, 2.05) is 35.7 Å². The van der Waals surface area contributed by atoms with Gasteiger partial charge < -0.3 is 20.0 Å². The molecule has 1 fully saturated rings. The van der Waals surface area contributed by atoms with E-state index in [-0.39, 0.29) is 11.9 Å². The Morgan fingerprint density at radius 2 is 1.80 bits per heavy atom. The van der Waals surface area contributed by atoms with Gasteiger partial charge in [-0.3, -0.25) is 4.79 Å². The molecule has 0 unspecified atom stereocenters. The fraction of sp³-hybridized carbons (Fsp3) is 0.227. The summed E-state index contributed by atoms with van der Waals surface area (Å²) >= 11 is 1.61. The molecule has 0 atom stereocenters. The molecule has 1 aliphatic rings. The number of benzene rings is 2. The van der Waals surface area contributed by atoms with Crippen LogP contribution in [0.5, 0.6) is 0 Å². The van der Waals surface area contributed by atoms with E-state index in [1.54, 1.807) is 58.6 Å². The van der Waals surface area contributed by atoms with E-state index < -0.39 is 0 Å². The van der Waals surface area contributed by atoms with Gasteiger partial charge >= 0.3 is 6.03 Å². The maximum absolute atomic E-state index is 12.8. The van der Waals surface area contributed by atoms with Gasteiger partial charge in [0.05, 0.1) is 0 Å². The average molecular weight is 422 g/mol. The van der Waals surface area contributed by atoms with Gasteiger partial charge in [0.15, 0.2) is 5.13 Å². The van der Waals surface area contributed by atoms with Crippen molar-refractivity contribution in [2.45, 2.75) is 0 Å². The van der Waals surface area contributed by atoms with Gasteiger partial charge in [0.2, 0.25) is 0 Å². The minimum Gasteiger partial charge on any atom is -0.345 e. The lowest BCUT2D eigenvalue weighted by atomic mass is 10.1. The first-order valence-electron chi connectivity index (χ1n) is 9.75. The molecule has 1 aromatic heterocycles. The minimum absolute atomic E-state index is 0.130. The van der Waals surface area contributed by atoms with Crippen molar-refractivity contribution >= 4 is 39.8 Å². The van der Waals surface area contributed by atoms with Crippen LogP contribution in [-0.2, 0) is 0 Å². The van der Waals surface area contributed by atoms with E-state index in [0.29, 0.717) is 24.3 Å². The number of piperazine rings is 1. The number of para-hydroxylation sites is 1. The van der Waals surface area contributed by atoms with Gasteiger partial charge in [-0.25, -0.2) is 9.78 Å².